The van der Waals surface area contributed by atoms with Gasteiger partial charge in [0.15, 0.2) is 5.09 Å². The average Bonchev–Trinajstić information content (AvgIpc) is 2.44. The molecule has 0 bridgehead atoms. The van der Waals surface area contributed by atoms with Gasteiger partial charge in [-0.25, -0.2) is 4.79 Å². The normalized spacial score (nSPS) is 16.9. The number of aromatic carboxylic acids is 1. The Labute approximate surface area is 80.1 Å². The molecule has 1 fully saturated rings. The van der Waals surface area contributed by atoms with Gasteiger partial charge in [-0.2, -0.15) is 0 Å². The van der Waals surface area contributed by atoms with Crippen molar-refractivity contribution in [3.63, 3.8) is 0 Å². The van der Waals surface area contributed by atoms with E-state index in [0.29, 0.717) is 5.25 Å². The maximum Gasteiger partial charge on any atom is 0.371 e. The number of thioether (sulfide) groups is 1. The summed E-state index contributed by atoms with van der Waals surface area (Å²) in [6.07, 6.45) is 3.71. The molecule has 1 aliphatic carbocycles. The zero-order valence-corrected chi connectivity index (χ0v) is 7.84. The van der Waals surface area contributed by atoms with Gasteiger partial charge in [-0.15, -0.1) is 0 Å². The van der Waals surface area contributed by atoms with Gasteiger partial charge in [-0.1, -0.05) is 18.2 Å². The SMILES string of the molecule is O=C(O)c1ccc(SC2CCC2)o1. The number of hydrogen-bond donors (Lipinski definition) is 1. The van der Waals surface area contributed by atoms with Gasteiger partial charge in [0, 0.05) is 5.25 Å². The average molecular weight is 198 g/mol. The lowest BCUT2D eigenvalue weighted by atomic mass is 10.0. The number of hydrogen-bond acceptors (Lipinski definition) is 3. The topological polar surface area (TPSA) is 50.4 Å². The third-order valence-electron chi connectivity index (χ3n) is 2.13. The lowest BCUT2D eigenvalue weighted by Crippen LogP contribution is -2.12. The Morgan fingerprint density at radius 2 is 2.31 bits per heavy atom. The van der Waals surface area contributed by atoms with Crippen LogP contribution in [0.2, 0.25) is 0 Å². The minimum atomic E-state index is -1.000. The second kappa shape index (κ2) is 3.46. The minimum absolute atomic E-state index is 0.0295. The van der Waals surface area contributed by atoms with Crippen LogP contribution in [0, 0.1) is 0 Å². The number of rotatable bonds is 3. The maximum absolute atomic E-state index is 10.5. The first-order valence-corrected chi connectivity index (χ1v) is 5.13. The fourth-order valence-electron chi connectivity index (χ4n) is 1.15. The van der Waals surface area contributed by atoms with Gasteiger partial charge < -0.3 is 9.52 Å². The first-order chi connectivity index (χ1) is 6.25. The summed E-state index contributed by atoms with van der Waals surface area (Å²) in [5.74, 6) is -0.970. The van der Waals surface area contributed by atoms with Crippen molar-refractivity contribution in [2.45, 2.75) is 29.6 Å². The number of carboxylic acids is 1. The molecule has 1 saturated carbocycles. The molecular formula is C9H10O3S. The molecule has 0 saturated heterocycles. The molecule has 2 rings (SSSR count). The van der Waals surface area contributed by atoms with Crippen LogP contribution in [0.5, 0.6) is 0 Å². The van der Waals surface area contributed by atoms with Crippen molar-refractivity contribution in [2.24, 2.45) is 0 Å². The van der Waals surface area contributed by atoms with Crippen molar-refractivity contribution in [1.82, 2.24) is 0 Å². The molecule has 0 spiro atoms. The first-order valence-electron chi connectivity index (χ1n) is 4.25. The van der Waals surface area contributed by atoms with Gasteiger partial charge in [-0.05, 0) is 25.0 Å². The van der Waals surface area contributed by atoms with Gasteiger partial charge in [0.1, 0.15) is 0 Å². The summed E-state index contributed by atoms with van der Waals surface area (Å²) in [6, 6.07) is 3.23. The summed E-state index contributed by atoms with van der Waals surface area (Å²) in [5.41, 5.74) is 0. The van der Waals surface area contributed by atoms with Crippen molar-refractivity contribution in [2.75, 3.05) is 0 Å². The molecule has 3 nitrogen and oxygen atoms in total. The van der Waals surface area contributed by atoms with E-state index in [0.717, 1.165) is 5.09 Å². The molecule has 1 heterocycles. The Kier molecular flexibility index (Phi) is 2.31. The van der Waals surface area contributed by atoms with E-state index in [1.807, 2.05) is 0 Å². The van der Waals surface area contributed by atoms with Crippen LogP contribution < -0.4 is 0 Å². The van der Waals surface area contributed by atoms with E-state index in [1.54, 1.807) is 17.8 Å². The number of furan rings is 1. The van der Waals surface area contributed by atoms with E-state index in [9.17, 15) is 4.79 Å². The summed E-state index contributed by atoms with van der Waals surface area (Å²) in [4.78, 5) is 10.5. The van der Waals surface area contributed by atoms with Gasteiger partial charge in [-0.3, -0.25) is 0 Å². The molecule has 0 atom stereocenters. The van der Waals surface area contributed by atoms with Gasteiger partial charge in [0.05, 0.1) is 0 Å². The Morgan fingerprint density at radius 3 is 2.77 bits per heavy atom. The predicted octanol–water partition coefficient (Wildman–Crippen LogP) is 2.62. The molecule has 0 aliphatic heterocycles. The second-order valence-electron chi connectivity index (χ2n) is 3.09. The Balaban J connectivity index is 2.00. The molecule has 13 heavy (non-hydrogen) atoms. The summed E-state index contributed by atoms with van der Waals surface area (Å²) in [5, 5.41) is 9.96. The molecule has 1 aromatic rings. The van der Waals surface area contributed by atoms with Gasteiger partial charge >= 0.3 is 5.97 Å². The van der Waals surface area contributed by atoms with Crippen molar-refractivity contribution >= 4 is 17.7 Å². The van der Waals surface area contributed by atoms with Gasteiger partial charge in [0.2, 0.25) is 5.76 Å². The maximum atomic E-state index is 10.5. The third-order valence-corrected chi connectivity index (χ3v) is 3.38. The monoisotopic (exact) mass is 198 g/mol. The molecule has 1 N–H and O–H groups in total. The summed E-state index contributed by atoms with van der Waals surface area (Å²) >= 11 is 1.64. The van der Waals surface area contributed by atoms with Crippen molar-refractivity contribution < 1.29 is 14.3 Å². The standard InChI is InChI=1S/C9H10O3S/c10-9(11)7-4-5-8(12-7)13-6-2-1-3-6/h4-6H,1-3H2,(H,10,11). The molecule has 4 heteroatoms. The number of carbonyl (C=O) groups is 1. The molecular weight excluding hydrogens is 188 g/mol. The van der Waals surface area contributed by atoms with Crippen LogP contribution in [0.1, 0.15) is 29.8 Å². The van der Waals surface area contributed by atoms with E-state index < -0.39 is 5.97 Å². The van der Waals surface area contributed by atoms with Crippen LogP contribution in [0.25, 0.3) is 0 Å². The molecule has 0 aromatic carbocycles. The van der Waals surface area contributed by atoms with E-state index in [4.69, 9.17) is 9.52 Å². The molecule has 1 aliphatic rings. The van der Waals surface area contributed by atoms with Crippen molar-refractivity contribution in [1.29, 1.82) is 0 Å². The Bertz CT molecular complexity index is 314. The molecule has 0 unspecified atom stereocenters. The largest absolute Gasteiger partial charge is 0.475 e. The lowest BCUT2D eigenvalue weighted by Gasteiger charge is -2.22. The summed E-state index contributed by atoms with van der Waals surface area (Å²) in [6.45, 7) is 0. The van der Waals surface area contributed by atoms with Crippen LogP contribution >= 0.6 is 11.8 Å². The Hall–Kier alpha value is -0.900. The van der Waals surface area contributed by atoms with E-state index in [2.05, 4.69) is 0 Å². The van der Waals surface area contributed by atoms with Crippen LogP contribution in [0.15, 0.2) is 21.6 Å². The van der Waals surface area contributed by atoms with E-state index >= 15 is 0 Å². The fourth-order valence-corrected chi connectivity index (χ4v) is 2.33. The highest BCUT2D eigenvalue weighted by molar-refractivity contribution is 7.99. The van der Waals surface area contributed by atoms with Crippen molar-refractivity contribution in [3.8, 4) is 0 Å². The molecule has 0 radical (unpaired) electrons. The fraction of sp³-hybridized carbons (Fsp3) is 0.444. The first kappa shape index (κ1) is 8.69. The highest BCUT2D eigenvalue weighted by Crippen LogP contribution is 2.36. The zero-order valence-electron chi connectivity index (χ0n) is 7.03. The highest BCUT2D eigenvalue weighted by atomic mass is 32.2. The summed E-state index contributed by atoms with van der Waals surface area (Å²) < 4.78 is 5.11. The van der Waals surface area contributed by atoms with E-state index in [-0.39, 0.29) is 5.76 Å². The van der Waals surface area contributed by atoms with Crippen LogP contribution in [0.3, 0.4) is 0 Å². The minimum Gasteiger partial charge on any atom is -0.475 e. The highest BCUT2D eigenvalue weighted by Gasteiger charge is 2.20. The quantitative estimate of drug-likeness (QED) is 0.811. The van der Waals surface area contributed by atoms with Crippen LogP contribution in [0.4, 0.5) is 0 Å². The van der Waals surface area contributed by atoms with E-state index in [1.165, 1.54) is 25.3 Å². The Morgan fingerprint density at radius 1 is 1.54 bits per heavy atom. The predicted molar refractivity (Wildman–Crippen MR) is 49.2 cm³/mol. The third kappa shape index (κ3) is 1.88. The molecule has 1 aromatic heterocycles. The van der Waals surface area contributed by atoms with Gasteiger partial charge in [0.25, 0.3) is 0 Å². The lowest BCUT2D eigenvalue weighted by molar-refractivity contribution is 0.0656. The molecule has 70 valence electrons. The number of carboxylic acid groups (broad SMARTS) is 1. The summed E-state index contributed by atoms with van der Waals surface area (Å²) in [7, 11) is 0. The second-order valence-corrected chi connectivity index (χ2v) is 4.40. The van der Waals surface area contributed by atoms with Crippen LogP contribution in [-0.2, 0) is 0 Å². The molecule has 0 amide bonds. The van der Waals surface area contributed by atoms with Crippen LogP contribution in [-0.4, -0.2) is 16.3 Å². The smallest absolute Gasteiger partial charge is 0.371 e. The zero-order chi connectivity index (χ0) is 9.26. The van der Waals surface area contributed by atoms with Crippen molar-refractivity contribution in [3.05, 3.63) is 17.9 Å².